The van der Waals surface area contributed by atoms with E-state index in [0.717, 1.165) is 36.8 Å². The molecule has 0 atom stereocenters. The molecule has 1 aliphatic rings. The Bertz CT molecular complexity index is 577. The zero-order valence-corrected chi connectivity index (χ0v) is 12.9. The maximum absolute atomic E-state index is 6.33. The van der Waals surface area contributed by atoms with Crippen molar-refractivity contribution in [3.63, 3.8) is 0 Å². The van der Waals surface area contributed by atoms with E-state index in [0.29, 0.717) is 18.3 Å². The van der Waals surface area contributed by atoms with Crippen LogP contribution in [0.15, 0.2) is 28.8 Å². The molecular formula is C15H20ClN3O2. The first-order chi connectivity index (χ1) is 9.71. The van der Waals surface area contributed by atoms with E-state index in [1.165, 1.54) is 0 Å². The van der Waals surface area contributed by atoms with Crippen molar-refractivity contribution in [2.75, 3.05) is 7.11 Å². The molecule has 1 saturated carbocycles. The highest BCUT2D eigenvalue weighted by molar-refractivity contribution is 5.85. The molecule has 3 rings (SSSR count). The van der Waals surface area contributed by atoms with E-state index < -0.39 is 5.54 Å². The molecular weight excluding hydrogens is 290 g/mol. The van der Waals surface area contributed by atoms with Crippen molar-refractivity contribution in [2.24, 2.45) is 5.73 Å². The smallest absolute Gasteiger partial charge is 0.257 e. The van der Waals surface area contributed by atoms with Gasteiger partial charge in [0.2, 0.25) is 0 Å². The summed E-state index contributed by atoms with van der Waals surface area (Å²) in [5.41, 5.74) is 7.95. The molecule has 1 aromatic heterocycles. The van der Waals surface area contributed by atoms with Crippen molar-refractivity contribution in [1.29, 1.82) is 0 Å². The fraction of sp³-hybridized carbons (Fsp3) is 0.467. The Labute approximate surface area is 130 Å². The molecule has 0 amide bonds. The minimum absolute atomic E-state index is 0. The zero-order chi connectivity index (χ0) is 14.0. The number of ether oxygens (including phenoxy) is 1. The Hall–Kier alpha value is -1.43. The lowest BCUT2D eigenvalue weighted by atomic mass is 9.99. The molecule has 1 heterocycles. The maximum Gasteiger partial charge on any atom is 0.257 e. The summed E-state index contributed by atoms with van der Waals surface area (Å²) < 4.78 is 10.4. The number of benzene rings is 1. The third kappa shape index (κ3) is 3.26. The van der Waals surface area contributed by atoms with Gasteiger partial charge in [-0.3, -0.25) is 0 Å². The third-order valence-corrected chi connectivity index (χ3v) is 3.88. The monoisotopic (exact) mass is 309 g/mol. The largest absolute Gasteiger partial charge is 0.380 e. The first-order valence-electron chi connectivity index (χ1n) is 6.93. The number of nitrogens with zero attached hydrogens (tertiary/aromatic N) is 2. The van der Waals surface area contributed by atoms with Crippen LogP contribution < -0.4 is 5.73 Å². The standard InChI is InChI=1S/C15H19N3O2.ClH/c1-19-10-11-4-6-12(7-5-11)13-17-14(18-20-13)15(16)8-2-3-9-15;/h4-7H,2-3,8-10,16H2,1H3;1H. The second kappa shape index (κ2) is 6.56. The fourth-order valence-electron chi connectivity index (χ4n) is 2.68. The van der Waals surface area contributed by atoms with Crippen LogP contribution in [0.2, 0.25) is 0 Å². The van der Waals surface area contributed by atoms with Crippen LogP contribution >= 0.6 is 12.4 Å². The molecule has 0 bridgehead atoms. The quantitative estimate of drug-likeness (QED) is 0.939. The third-order valence-electron chi connectivity index (χ3n) is 3.88. The minimum Gasteiger partial charge on any atom is -0.380 e. The lowest BCUT2D eigenvalue weighted by molar-refractivity contribution is 0.185. The van der Waals surface area contributed by atoms with Gasteiger partial charge in [-0.1, -0.05) is 30.1 Å². The van der Waals surface area contributed by atoms with E-state index in [2.05, 4.69) is 10.1 Å². The number of nitrogens with two attached hydrogens (primary N) is 1. The molecule has 1 aromatic carbocycles. The van der Waals surface area contributed by atoms with Crippen LogP contribution in [0.4, 0.5) is 0 Å². The molecule has 5 nitrogen and oxygen atoms in total. The van der Waals surface area contributed by atoms with E-state index >= 15 is 0 Å². The number of halogens is 1. The summed E-state index contributed by atoms with van der Waals surface area (Å²) in [6.07, 6.45) is 4.12. The van der Waals surface area contributed by atoms with Gasteiger partial charge in [-0.2, -0.15) is 4.98 Å². The lowest BCUT2D eigenvalue weighted by Gasteiger charge is -2.17. The summed E-state index contributed by atoms with van der Waals surface area (Å²) in [4.78, 5) is 4.48. The van der Waals surface area contributed by atoms with Gasteiger partial charge in [0, 0.05) is 12.7 Å². The van der Waals surface area contributed by atoms with Gasteiger partial charge < -0.3 is 15.0 Å². The maximum atomic E-state index is 6.33. The van der Waals surface area contributed by atoms with E-state index in [1.54, 1.807) is 7.11 Å². The summed E-state index contributed by atoms with van der Waals surface area (Å²) in [5.74, 6) is 1.16. The summed E-state index contributed by atoms with van der Waals surface area (Å²) in [5, 5.41) is 4.07. The van der Waals surface area contributed by atoms with Gasteiger partial charge in [-0.15, -0.1) is 12.4 Å². The fourth-order valence-corrected chi connectivity index (χ4v) is 2.68. The Morgan fingerprint density at radius 3 is 2.52 bits per heavy atom. The van der Waals surface area contributed by atoms with E-state index in [9.17, 15) is 0 Å². The van der Waals surface area contributed by atoms with Crippen LogP contribution in [0.25, 0.3) is 11.5 Å². The first-order valence-corrected chi connectivity index (χ1v) is 6.93. The van der Waals surface area contributed by atoms with Crippen molar-refractivity contribution in [1.82, 2.24) is 10.1 Å². The Balaban J connectivity index is 0.00000161. The highest BCUT2D eigenvalue weighted by Gasteiger charge is 2.36. The van der Waals surface area contributed by atoms with Gasteiger partial charge in [0.1, 0.15) is 0 Å². The summed E-state index contributed by atoms with van der Waals surface area (Å²) in [7, 11) is 1.68. The summed E-state index contributed by atoms with van der Waals surface area (Å²) in [6, 6.07) is 7.92. The first kappa shape index (κ1) is 15.9. The predicted molar refractivity (Wildman–Crippen MR) is 82.0 cm³/mol. The highest BCUT2D eigenvalue weighted by atomic mass is 35.5. The molecule has 2 N–H and O–H groups in total. The van der Waals surface area contributed by atoms with Crippen LogP contribution in [0.5, 0.6) is 0 Å². The van der Waals surface area contributed by atoms with Crippen LogP contribution in [0.3, 0.4) is 0 Å². The highest BCUT2D eigenvalue weighted by Crippen LogP contribution is 2.35. The normalized spacial score (nSPS) is 16.7. The van der Waals surface area contributed by atoms with Crippen molar-refractivity contribution in [3.8, 4) is 11.5 Å². The Morgan fingerprint density at radius 2 is 1.90 bits per heavy atom. The molecule has 1 fully saturated rings. The number of aromatic nitrogens is 2. The molecule has 0 spiro atoms. The average molecular weight is 310 g/mol. The molecule has 0 radical (unpaired) electrons. The second-order valence-electron chi connectivity index (χ2n) is 5.42. The van der Waals surface area contributed by atoms with Crippen LogP contribution in [-0.2, 0) is 16.9 Å². The van der Waals surface area contributed by atoms with Crippen molar-refractivity contribution in [2.45, 2.75) is 37.8 Å². The average Bonchev–Trinajstić information content (AvgIpc) is 3.10. The van der Waals surface area contributed by atoms with Gasteiger partial charge in [0.15, 0.2) is 5.82 Å². The number of methoxy groups -OCH3 is 1. The van der Waals surface area contributed by atoms with E-state index in [4.69, 9.17) is 15.0 Å². The number of hydrogen-bond donors (Lipinski definition) is 1. The second-order valence-corrected chi connectivity index (χ2v) is 5.42. The number of rotatable bonds is 4. The van der Waals surface area contributed by atoms with Gasteiger partial charge in [0.25, 0.3) is 5.89 Å². The van der Waals surface area contributed by atoms with Gasteiger partial charge in [0.05, 0.1) is 12.1 Å². The topological polar surface area (TPSA) is 74.2 Å². The molecule has 0 saturated heterocycles. The molecule has 6 heteroatoms. The summed E-state index contributed by atoms with van der Waals surface area (Å²) >= 11 is 0. The minimum atomic E-state index is -0.405. The molecule has 2 aromatic rings. The van der Waals surface area contributed by atoms with Gasteiger partial charge in [-0.25, -0.2) is 0 Å². The van der Waals surface area contributed by atoms with Crippen LogP contribution in [0.1, 0.15) is 37.1 Å². The van der Waals surface area contributed by atoms with Crippen molar-refractivity contribution >= 4 is 12.4 Å². The Morgan fingerprint density at radius 1 is 1.24 bits per heavy atom. The molecule has 21 heavy (non-hydrogen) atoms. The van der Waals surface area contributed by atoms with Crippen molar-refractivity contribution < 1.29 is 9.26 Å². The Kier molecular flexibility index (Phi) is 4.98. The van der Waals surface area contributed by atoms with E-state index in [-0.39, 0.29) is 12.4 Å². The van der Waals surface area contributed by atoms with E-state index in [1.807, 2.05) is 24.3 Å². The van der Waals surface area contributed by atoms with Crippen molar-refractivity contribution in [3.05, 3.63) is 35.7 Å². The molecule has 0 aliphatic heterocycles. The molecule has 1 aliphatic carbocycles. The SMILES string of the molecule is COCc1ccc(-c2nc(C3(N)CCCC3)no2)cc1.Cl. The van der Waals surface area contributed by atoms with Gasteiger partial charge >= 0.3 is 0 Å². The predicted octanol–water partition coefficient (Wildman–Crippen LogP) is 3.03. The molecule has 114 valence electrons. The summed E-state index contributed by atoms with van der Waals surface area (Å²) in [6.45, 7) is 0.598. The van der Waals surface area contributed by atoms with Crippen LogP contribution in [-0.4, -0.2) is 17.3 Å². The van der Waals surface area contributed by atoms with Crippen LogP contribution in [0, 0.1) is 0 Å². The van der Waals surface area contributed by atoms with Gasteiger partial charge in [-0.05, 0) is 30.5 Å². The zero-order valence-electron chi connectivity index (χ0n) is 12.0. The molecule has 0 unspecified atom stereocenters. The lowest BCUT2D eigenvalue weighted by Crippen LogP contribution is -2.34. The number of hydrogen-bond acceptors (Lipinski definition) is 5.